The smallest absolute Gasteiger partial charge is 0.227 e. The molecule has 28 heavy (non-hydrogen) atoms. The van der Waals surface area contributed by atoms with Crippen LogP contribution in [0.15, 0.2) is 29.0 Å². The summed E-state index contributed by atoms with van der Waals surface area (Å²) in [5.74, 6) is 1.50. The first kappa shape index (κ1) is 18.6. The quantitative estimate of drug-likeness (QED) is 0.783. The van der Waals surface area contributed by atoms with E-state index >= 15 is 0 Å². The van der Waals surface area contributed by atoms with Gasteiger partial charge in [0.05, 0.1) is 0 Å². The summed E-state index contributed by atoms with van der Waals surface area (Å²) in [6.45, 7) is 2.47. The van der Waals surface area contributed by atoms with Gasteiger partial charge in [0.2, 0.25) is 23.5 Å². The second-order valence-corrected chi connectivity index (χ2v) is 7.44. The zero-order valence-corrected chi connectivity index (χ0v) is 15.9. The van der Waals surface area contributed by atoms with Crippen LogP contribution < -0.4 is 0 Å². The highest BCUT2D eigenvalue weighted by atomic mass is 16.5. The van der Waals surface area contributed by atoms with Crippen LogP contribution in [0.3, 0.4) is 0 Å². The third-order valence-electron chi connectivity index (χ3n) is 5.61. The Bertz CT molecular complexity index is 808. The maximum atomic E-state index is 12.5. The van der Waals surface area contributed by atoms with Crippen LogP contribution in [0.4, 0.5) is 0 Å². The Morgan fingerprint density at radius 1 is 1.04 bits per heavy atom. The van der Waals surface area contributed by atoms with Gasteiger partial charge in [0, 0.05) is 62.9 Å². The van der Waals surface area contributed by atoms with Gasteiger partial charge in [-0.15, -0.1) is 0 Å². The van der Waals surface area contributed by atoms with E-state index in [1.807, 2.05) is 21.9 Å². The van der Waals surface area contributed by atoms with Gasteiger partial charge < -0.3 is 14.3 Å². The van der Waals surface area contributed by atoms with Crippen molar-refractivity contribution in [3.63, 3.8) is 0 Å². The number of carbonyl (C=O) groups is 2. The van der Waals surface area contributed by atoms with Gasteiger partial charge in [-0.3, -0.25) is 14.6 Å². The third kappa shape index (κ3) is 4.21. The standard InChI is InChI=1S/C20H25N5O3/c26-18(6-5-17-22-19(23-28-17)15-7-9-21-10-8-15)24-11-13-25(14-12-24)20(27)16-3-1-2-4-16/h7-10,16H,1-6,11-14H2. The van der Waals surface area contributed by atoms with E-state index in [-0.39, 0.29) is 17.7 Å². The summed E-state index contributed by atoms with van der Waals surface area (Å²) in [5, 5.41) is 3.96. The maximum absolute atomic E-state index is 12.5. The average Bonchev–Trinajstić information content (AvgIpc) is 3.44. The fraction of sp³-hybridized carbons (Fsp3) is 0.550. The van der Waals surface area contributed by atoms with Crippen LogP contribution in [0.2, 0.25) is 0 Å². The van der Waals surface area contributed by atoms with Gasteiger partial charge in [0.1, 0.15) is 0 Å². The largest absolute Gasteiger partial charge is 0.339 e. The highest BCUT2D eigenvalue weighted by Crippen LogP contribution is 2.27. The van der Waals surface area contributed by atoms with Gasteiger partial charge in [-0.25, -0.2) is 0 Å². The van der Waals surface area contributed by atoms with E-state index < -0.39 is 0 Å². The van der Waals surface area contributed by atoms with Crippen LogP contribution in [0.25, 0.3) is 11.4 Å². The molecule has 2 aromatic heterocycles. The van der Waals surface area contributed by atoms with E-state index in [9.17, 15) is 9.59 Å². The number of hydrogen-bond acceptors (Lipinski definition) is 6. The lowest BCUT2D eigenvalue weighted by molar-refractivity contribution is -0.142. The second-order valence-electron chi connectivity index (χ2n) is 7.44. The van der Waals surface area contributed by atoms with Gasteiger partial charge >= 0.3 is 0 Å². The molecule has 2 amide bonds. The average molecular weight is 383 g/mol. The number of rotatable bonds is 5. The Kier molecular flexibility index (Phi) is 5.64. The molecule has 0 unspecified atom stereocenters. The molecule has 0 spiro atoms. The molecule has 2 aromatic rings. The number of aromatic nitrogens is 3. The van der Waals surface area contributed by atoms with Crippen molar-refractivity contribution >= 4 is 11.8 Å². The first-order valence-corrected chi connectivity index (χ1v) is 10.0. The molecule has 0 atom stereocenters. The van der Waals surface area contributed by atoms with E-state index in [4.69, 9.17) is 4.52 Å². The van der Waals surface area contributed by atoms with Crippen LogP contribution in [0.1, 0.15) is 38.0 Å². The van der Waals surface area contributed by atoms with Crippen molar-refractivity contribution in [1.82, 2.24) is 24.9 Å². The lowest BCUT2D eigenvalue weighted by Crippen LogP contribution is -2.51. The number of pyridine rings is 1. The molecule has 1 aliphatic carbocycles. The maximum Gasteiger partial charge on any atom is 0.227 e. The Labute approximate surface area is 163 Å². The summed E-state index contributed by atoms with van der Waals surface area (Å²) in [4.78, 5) is 37.1. The number of nitrogens with zero attached hydrogens (tertiary/aromatic N) is 5. The van der Waals surface area contributed by atoms with Crippen molar-refractivity contribution in [2.45, 2.75) is 38.5 Å². The molecular formula is C20H25N5O3. The SMILES string of the molecule is O=C(CCc1nc(-c2ccncc2)no1)N1CCN(C(=O)C2CCCC2)CC1. The van der Waals surface area contributed by atoms with Gasteiger partial charge in [-0.05, 0) is 25.0 Å². The number of piperazine rings is 1. The van der Waals surface area contributed by atoms with Crippen molar-refractivity contribution in [1.29, 1.82) is 0 Å². The predicted molar refractivity (Wildman–Crippen MR) is 101 cm³/mol. The fourth-order valence-electron chi connectivity index (χ4n) is 3.95. The van der Waals surface area contributed by atoms with Crippen LogP contribution in [0, 0.1) is 5.92 Å². The normalized spacial score (nSPS) is 17.9. The molecule has 0 bridgehead atoms. The summed E-state index contributed by atoms with van der Waals surface area (Å²) in [5.41, 5.74) is 0.833. The van der Waals surface area contributed by atoms with Gasteiger partial charge in [0.25, 0.3) is 0 Å². The van der Waals surface area contributed by atoms with Crippen molar-refractivity contribution < 1.29 is 14.1 Å². The molecule has 1 saturated carbocycles. The topological polar surface area (TPSA) is 92.4 Å². The predicted octanol–water partition coefficient (Wildman–Crippen LogP) is 1.93. The van der Waals surface area contributed by atoms with E-state index in [0.717, 1.165) is 31.2 Å². The summed E-state index contributed by atoms with van der Waals surface area (Å²) in [7, 11) is 0. The first-order valence-electron chi connectivity index (χ1n) is 10.0. The van der Waals surface area contributed by atoms with Crippen LogP contribution in [0.5, 0.6) is 0 Å². The molecule has 8 nitrogen and oxygen atoms in total. The molecule has 2 aliphatic rings. The molecule has 0 aromatic carbocycles. The molecule has 8 heteroatoms. The molecule has 3 heterocycles. The zero-order valence-electron chi connectivity index (χ0n) is 15.9. The number of aryl methyl sites for hydroxylation is 1. The van der Waals surface area contributed by atoms with Gasteiger partial charge in [0.15, 0.2) is 0 Å². The third-order valence-corrected chi connectivity index (χ3v) is 5.61. The number of amides is 2. The lowest BCUT2D eigenvalue weighted by atomic mass is 10.1. The Morgan fingerprint density at radius 3 is 2.43 bits per heavy atom. The minimum absolute atomic E-state index is 0.0663. The van der Waals surface area contributed by atoms with E-state index in [1.54, 1.807) is 12.4 Å². The van der Waals surface area contributed by atoms with E-state index in [0.29, 0.717) is 50.7 Å². The highest BCUT2D eigenvalue weighted by Gasteiger charge is 2.30. The van der Waals surface area contributed by atoms with Crippen LogP contribution in [-0.2, 0) is 16.0 Å². The molecule has 1 aliphatic heterocycles. The van der Waals surface area contributed by atoms with Crippen molar-refractivity contribution in [2.24, 2.45) is 5.92 Å². The fourth-order valence-corrected chi connectivity index (χ4v) is 3.95. The molecule has 4 rings (SSSR count). The zero-order chi connectivity index (χ0) is 19.3. The minimum atomic E-state index is 0.0663. The van der Waals surface area contributed by atoms with E-state index in [2.05, 4.69) is 15.1 Å². The van der Waals surface area contributed by atoms with E-state index in [1.165, 1.54) is 0 Å². The van der Waals surface area contributed by atoms with Crippen LogP contribution >= 0.6 is 0 Å². The Balaban J connectivity index is 1.24. The molecule has 0 radical (unpaired) electrons. The first-order chi connectivity index (χ1) is 13.7. The summed E-state index contributed by atoms with van der Waals surface area (Å²) in [6, 6.07) is 3.62. The molecular weight excluding hydrogens is 358 g/mol. The highest BCUT2D eigenvalue weighted by molar-refractivity contribution is 5.80. The van der Waals surface area contributed by atoms with Crippen molar-refractivity contribution in [3.8, 4) is 11.4 Å². The van der Waals surface area contributed by atoms with Gasteiger partial charge in [-0.1, -0.05) is 18.0 Å². The number of carbonyl (C=O) groups excluding carboxylic acids is 2. The summed E-state index contributed by atoms with van der Waals surface area (Å²) < 4.78 is 5.26. The van der Waals surface area contributed by atoms with Crippen molar-refractivity contribution in [2.75, 3.05) is 26.2 Å². The molecule has 1 saturated heterocycles. The Hall–Kier alpha value is -2.77. The molecule has 148 valence electrons. The Morgan fingerprint density at radius 2 is 1.71 bits per heavy atom. The monoisotopic (exact) mass is 383 g/mol. The number of hydrogen-bond donors (Lipinski definition) is 0. The van der Waals surface area contributed by atoms with Crippen molar-refractivity contribution in [3.05, 3.63) is 30.4 Å². The van der Waals surface area contributed by atoms with Gasteiger partial charge in [-0.2, -0.15) is 4.98 Å². The van der Waals surface area contributed by atoms with Crippen LogP contribution in [-0.4, -0.2) is 62.9 Å². The minimum Gasteiger partial charge on any atom is -0.339 e. The summed E-state index contributed by atoms with van der Waals surface area (Å²) >= 11 is 0. The lowest BCUT2D eigenvalue weighted by Gasteiger charge is -2.36. The second kappa shape index (κ2) is 8.50. The molecule has 2 fully saturated rings. The molecule has 0 N–H and O–H groups in total. The summed E-state index contributed by atoms with van der Waals surface area (Å²) in [6.07, 6.45) is 8.44.